The summed E-state index contributed by atoms with van der Waals surface area (Å²) in [6.45, 7) is 8.02. The monoisotopic (exact) mass is 357 g/mol. The summed E-state index contributed by atoms with van der Waals surface area (Å²) in [5.41, 5.74) is 0.934. The van der Waals surface area contributed by atoms with Gasteiger partial charge < -0.3 is 14.5 Å². The highest BCUT2D eigenvalue weighted by Gasteiger charge is 2.38. The molecule has 1 saturated heterocycles. The van der Waals surface area contributed by atoms with Crippen LogP contribution in [0.15, 0.2) is 0 Å². The third-order valence-corrected chi connectivity index (χ3v) is 3.94. The number of carbonyl (C=O) groups excluding carboxylic acids is 3. The van der Waals surface area contributed by atoms with Gasteiger partial charge in [-0.3, -0.25) is 10.0 Å². The molecule has 1 unspecified atom stereocenters. The van der Waals surface area contributed by atoms with E-state index in [0.717, 1.165) is 19.3 Å². The molecule has 1 aliphatic rings. The molecule has 0 bridgehead atoms. The lowest BCUT2D eigenvalue weighted by Crippen LogP contribution is -2.51. The molecule has 0 aromatic carbocycles. The molecule has 2 N–H and O–H groups in total. The Kier molecular flexibility index (Phi) is 8.15. The molecule has 0 spiro atoms. The van der Waals surface area contributed by atoms with Gasteiger partial charge in [0.2, 0.25) is 0 Å². The van der Waals surface area contributed by atoms with E-state index in [1.165, 1.54) is 9.80 Å². The average molecular weight is 357 g/mol. The first-order chi connectivity index (χ1) is 11.7. The maximum absolute atomic E-state index is 12.9. The Morgan fingerprint density at radius 3 is 2.52 bits per heavy atom. The number of esters is 1. The van der Waals surface area contributed by atoms with Crippen molar-refractivity contribution in [2.75, 3.05) is 19.6 Å². The van der Waals surface area contributed by atoms with Crippen molar-refractivity contribution in [1.29, 1.82) is 0 Å². The predicted molar refractivity (Wildman–Crippen MR) is 92.0 cm³/mol. The Bertz CT molecular complexity index is 475. The van der Waals surface area contributed by atoms with Crippen LogP contribution in [0.2, 0.25) is 0 Å². The van der Waals surface area contributed by atoms with Crippen LogP contribution in [0.1, 0.15) is 59.8 Å². The van der Waals surface area contributed by atoms with Crippen molar-refractivity contribution in [2.45, 2.75) is 71.4 Å². The highest BCUT2D eigenvalue weighted by Crippen LogP contribution is 2.22. The minimum Gasteiger partial charge on any atom is -0.458 e. The molecule has 0 saturated carbocycles. The van der Waals surface area contributed by atoms with Gasteiger partial charge in [-0.05, 0) is 40.0 Å². The van der Waals surface area contributed by atoms with Crippen molar-refractivity contribution >= 4 is 17.9 Å². The van der Waals surface area contributed by atoms with Crippen molar-refractivity contribution in [3.05, 3.63) is 0 Å². The van der Waals surface area contributed by atoms with Crippen molar-refractivity contribution in [1.82, 2.24) is 15.3 Å². The number of hydrogen-bond donors (Lipinski definition) is 2. The molecule has 1 rings (SSSR count). The van der Waals surface area contributed by atoms with Gasteiger partial charge in [0.15, 0.2) is 0 Å². The van der Waals surface area contributed by atoms with E-state index in [4.69, 9.17) is 9.94 Å². The highest BCUT2D eigenvalue weighted by atomic mass is 16.6. The summed E-state index contributed by atoms with van der Waals surface area (Å²) in [7, 11) is 0. The minimum absolute atomic E-state index is 0.239. The number of rotatable bonds is 7. The smallest absolute Gasteiger partial charge is 0.329 e. The van der Waals surface area contributed by atoms with Crippen LogP contribution in [0.3, 0.4) is 0 Å². The second-order valence-corrected chi connectivity index (χ2v) is 7.33. The van der Waals surface area contributed by atoms with Crippen LogP contribution in [-0.4, -0.2) is 64.2 Å². The van der Waals surface area contributed by atoms with E-state index in [9.17, 15) is 14.4 Å². The first-order valence-electron chi connectivity index (χ1n) is 8.91. The van der Waals surface area contributed by atoms with Gasteiger partial charge in [-0.15, -0.1) is 0 Å². The van der Waals surface area contributed by atoms with Crippen molar-refractivity contribution in [3.8, 4) is 0 Å². The molecule has 0 aromatic rings. The molecule has 25 heavy (non-hydrogen) atoms. The van der Waals surface area contributed by atoms with Crippen LogP contribution in [0.5, 0.6) is 0 Å². The van der Waals surface area contributed by atoms with Gasteiger partial charge in [-0.2, -0.15) is 0 Å². The Labute approximate surface area is 149 Å². The minimum atomic E-state index is -0.655. The Morgan fingerprint density at radius 1 is 1.28 bits per heavy atom. The first-order valence-corrected chi connectivity index (χ1v) is 8.91. The summed E-state index contributed by atoms with van der Waals surface area (Å²) < 4.78 is 5.41. The molecule has 1 fully saturated rings. The molecule has 0 aromatic heterocycles. The normalized spacial score (nSPS) is 17.3. The summed E-state index contributed by atoms with van der Waals surface area (Å²) in [5.74, 6) is -1.07. The molecule has 144 valence electrons. The van der Waals surface area contributed by atoms with E-state index >= 15 is 0 Å². The summed E-state index contributed by atoms with van der Waals surface area (Å²) in [6.07, 6.45) is 3.94. The number of urea groups is 1. The van der Waals surface area contributed by atoms with Crippen LogP contribution < -0.4 is 5.48 Å². The molecular formula is C17H31N3O5. The van der Waals surface area contributed by atoms with E-state index in [-0.39, 0.29) is 12.6 Å². The number of hydrogen-bond acceptors (Lipinski definition) is 5. The fourth-order valence-corrected chi connectivity index (χ4v) is 2.80. The van der Waals surface area contributed by atoms with Gasteiger partial charge >= 0.3 is 12.0 Å². The van der Waals surface area contributed by atoms with Crippen LogP contribution in [0.4, 0.5) is 4.79 Å². The van der Waals surface area contributed by atoms with Gasteiger partial charge in [-0.1, -0.05) is 19.8 Å². The third-order valence-electron chi connectivity index (χ3n) is 3.94. The van der Waals surface area contributed by atoms with E-state index < -0.39 is 23.5 Å². The number of nitrogens with zero attached hydrogens (tertiary/aromatic N) is 2. The Morgan fingerprint density at radius 2 is 1.96 bits per heavy atom. The van der Waals surface area contributed by atoms with Crippen molar-refractivity contribution < 1.29 is 24.3 Å². The van der Waals surface area contributed by atoms with Crippen LogP contribution in [0.25, 0.3) is 0 Å². The highest BCUT2D eigenvalue weighted by molar-refractivity contribution is 5.87. The lowest BCUT2D eigenvalue weighted by atomic mass is 10.1. The lowest BCUT2D eigenvalue weighted by Gasteiger charge is -2.32. The number of hydroxylamine groups is 1. The second-order valence-electron chi connectivity index (χ2n) is 7.33. The molecule has 0 aliphatic carbocycles. The number of amides is 3. The molecule has 1 atom stereocenters. The number of nitrogens with one attached hydrogen (secondary N) is 1. The van der Waals surface area contributed by atoms with Gasteiger partial charge in [0, 0.05) is 13.1 Å². The SMILES string of the molecule is CCCCCN(CC(=O)NO)C(=O)N1CCCC1C(=O)OC(C)(C)C. The van der Waals surface area contributed by atoms with Gasteiger partial charge in [0.05, 0.1) is 0 Å². The maximum atomic E-state index is 12.9. The van der Waals surface area contributed by atoms with E-state index in [0.29, 0.717) is 25.9 Å². The largest absolute Gasteiger partial charge is 0.458 e. The van der Waals surface area contributed by atoms with Crippen LogP contribution in [-0.2, 0) is 14.3 Å². The third kappa shape index (κ3) is 6.89. The molecule has 1 heterocycles. The molecule has 3 amide bonds. The molecule has 8 nitrogen and oxygen atoms in total. The summed E-state index contributed by atoms with van der Waals surface area (Å²) in [6, 6.07) is -0.995. The van der Waals surface area contributed by atoms with Crippen molar-refractivity contribution in [2.24, 2.45) is 0 Å². The topological polar surface area (TPSA) is 99.2 Å². The summed E-state index contributed by atoms with van der Waals surface area (Å²) in [5, 5.41) is 8.74. The summed E-state index contributed by atoms with van der Waals surface area (Å²) in [4.78, 5) is 39.6. The Balaban J connectivity index is 2.81. The van der Waals surface area contributed by atoms with E-state index in [1.54, 1.807) is 26.3 Å². The van der Waals surface area contributed by atoms with Gasteiger partial charge in [0.1, 0.15) is 18.2 Å². The van der Waals surface area contributed by atoms with Crippen LogP contribution in [0, 0.1) is 0 Å². The predicted octanol–water partition coefficient (Wildman–Crippen LogP) is 1.91. The standard InChI is InChI=1S/C17H31N3O5/c1-5-6-7-10-19(12-14(21)18-24)16(23)20-11-8-9-13(20)15(22)25-17(2,3)4/h13,24H,5-12H2,1-4H3,(H,18,21). The Hall–Kier alpha value is -1.83. The number of ether oxygens (including phenoxy) is 1. The zero-order chi connectivity index (χ0) is 19.0. The molecular weight excluding hydrogens is 326 g/mol. The molecule has 1 aliphatic heterocycles. The number of unbranched alkanes of at least 4 members (excludes halogenated alkanes) is 2. The number of likely N-dealkylation sites (tertiary alicyclic amines) is 1. The van der Waals surface area contributed by atoms with Crippen molar-refractivity contribution in [3.63, 3.8) is 0 Å². The summed E-state index contributed by atoms with van der Waals surface area (Å²) >= 11 is 0. The van der Waals surface area contributed by atoms with Crippen LogP contribution >= 0.6 is 0 Å². The quantitative estimate of drug-likeness (QED) is 0.314. The number of carbonyl (C=O) groups is 3. The second kappa shape index (κ2) is 9.60. The van der Waals surface area contributed by atoms with E-state index in [1.807, 2.05) is 6.92 Å². The average Bonchev–Trinajstić information content (AvgIpc) is 3.01. The van der Waals surface area contributed by atoms with Gasteiger partial charge in [-0.25, -0.2) is 15.1 Å². The lowest BCUT2D eigenvalue weighted by molar-refractivity contribution is -0.159. The first kappa shape index (κ1) is 21.2. The fraction of sp³-hybridized carbons (Fsp3) is 0.824. The zero-order valence-corrected chi connectivity index (χ0v) is 15.7. The molecule has 0 radical (unpaired) electrons. The fourth-order valence-electron chi connectivity index (χ4n) is 2.80. The van der Waals surface area contributed by atoms with E-state index in [2.05, 4.69) is 0 Å². The zero-order valence-electron chi connectivity index (χ0n) is 15.7. The van der Waals surface area contributed by atoms with Gasteiger partial charge in [0.25, 0.3) is 5.91 Å². The molecule has 8 heteroatoms. The maximum Gasteiger partial charge on any atom is 0.329 e.